The molecule has 0 fully saturated rings. The molecule has 0 saturated heterocycles. The van der Waals surface area contributed by atoms with Crippen molar-refractivity contribution >= 4 is 79.0 Å². The third kappa shape index (κ3) is 6.10. The molecule has 3 aromatic rings. The van der Waals surface area contributed by atoms with E-state index in [1.807, 2.05) is 23.6 Å². The zero-order valence-corrected chi connectivity index (χ0v) is 20.3. The quantitative estimate of drug-likeness (QED) is 0.175. The Labute approximate surface area is 205 Å². The Balaban J connectivity index is 1.60. The lowest BCUT2D eigenvalue weighted by atomic mass is 10.2. The number of carbonyl (C=O) groups excluding carboxylic acids is 1. The van der Waals surface area contributed by atoms with Gasteiger partial charge in [-0.2, -0.15) is 0 Å². The summed E-state index contributed by atoms with van der Waals surface area (Å²) in [6.45, 7) is 0. The van der Waals surface area contributed by atoms with E-state index in [1.165, 1.54) is 35.6 Å². The lowest BCUT2D eigenvalue weighted by Crippen LogP contribution is -2.32. The van der Waals surface area contributed by atoms with Gasteiger partial charge in [-0.3, -0.25) is 20.2 Å². The summed E-state index contributed by atoms with van der Waals surface area (Å²) >= 11 is 15.7. The van der Waals surface area contributed by atoms with Crippen LogP contribution in [0.1, 0.15) is 5.56 Å². The van der Waals surface area contributed by atoms with Crippen molar-refractivity contribution < 1.29 is 14.5 Å². The highest BCUT2D eigenvalue weighted by Crippen LogP contribution is 2.32. The number of hydrogen-bond acceptors (Lipinski definition) is 7. The van der Waals surface area contributed by atoms with Gasteiger partial charge in [-0.25, -0.2) is 4.98 Å². The van der Waals surface area contributed by atoms with Crippen LogP contribution in [0.2, 0.25) is 5.02 Å². The molecular formula is C20H14BrClN4O4S2. The van der Waals surface area contributed by atoms with Crippen molar-refractivity contribution in [3.63, 3.8) is 0 Å². The van der Waals surface area contributed by atoms with E-state index in [9.17, 15) is 14.9 Å². The molecule has 1 amide bonds. The smallest absolute Gasteiger partial charge is 0.288 e. The first-order chi connectivity index (χ1) is 15.3. The molecule has 0 aliphatic heterocycles. The molecule has 32 heavy (non-hydrogen) atoms. The third-order valence-electron chi connectivity index (χ3n) is 4.00. The largest absolute Gasteiger partial charge is 0.496 e. The summed E-state index contributed by atoms with van der Waals surface area (Å²) in [6.07, 6.45) is 2.63. The van der Waals surface area contributed by atoms with Crippen LogP contribution in [0, 0.1) is 10.1 Å². The maximum atomic E-state index is 12.1. The molecular weight excluding hydrogens is 540 g/mol. The molecule has 0 spiro atoms. The van der Waals surface area contributed by atoms with E-state index < -0.39 is 10.8 Å². The van der Waals surface area contributed by atoms with Crippen LogP contribution in [0.4, 0.5) is 10.8 Å². The van der Waals surface area contributed by atoms with Gasteiger partial charge in [0, 0.05) is 23.1 Å². The van der Waals surface area contributed by atoms with Gasteiger partial charge in [0.1, 0.15) is 10.8 Å². The van der Waals surface area contributed by atoms with Crippen molar-refractivity contribution in [1.82, 2.24) is 10.3 Å². The fourth-order valence-corrected chi connectivity index (χ4v) is 4.23. The Bertz CT molecular complexity index is 1230. The highest BCUT2D eigenvalue weighted by atomic mass is 79.9. The van der Waals surface area contributed by atoms with Gasteiger partial charge in [0.05, 0.1) is 22.2 Å². The summed E-state index contributed by atoms with van der Waals surface area (Å²) in [6, 6.07) is 9.84. The molecule has 0 aliphatic carbocycles. The van der Waals surface area contributed by atoms with E-state index in [4.69, 9.17) is 28.6 Å². The molecule has 0 saturated carbocycles. The van der Waals surface area contributed by atoms with Crippen LogP contribution in [0.5, 0.6) is 5.75 Å². The standard InChI is InChI=1S/C20H14BrClN4O4S2/c1-30-17-6-4-12(9-13(17)21)15-10-32-20(23-15)25-19(31)24-18(27)7-3-11-2-5-14(22)16(8-11)26(28)29/h2-10H,1H3,(H2,23,24,25,27,31)/b7-3+. The van der Waals surface area contributed by atoms with Crippen LogP contribution in [0.25, 0.3) is 17.3 Å². The first-order valence-electron chi connectivity index (χ1n) is 8.80. The molecule has 0 unspecified atom stereocenters. The number of anilines is 1. The Hall–Kier alpha value is -2.86. The van der Waals surface area contributed by atoms with Gasteiger partial charge in [-0.15, -0.1) is 11.3 Å². The molecule has 3 rings (SSSR count). The molecule has 1 aromatic heterocycles. The SMILES string of the molecule is COc1ccc(-c2csc(NC(=S)NC(=O)/C=C/c3ccc(Cl)c([N+](=O)[O-])c3)n2)cc1Br. The van der Waals surface area contributed by atoms with Crippen LogP contribution in [0.15, 0.2) is 52.3 Å². The Morgan fingerprint density at radius 3 is 2.81 bits per heavy atom. The Kier molecular flexibility index (Phi) is 7.91. The summed E-state index contributed by atoms with van der Waals surface area (Å²) in [4.78, 5) is 26.9. The second-order valence-corrected chi connectivity index (χ2v) is 8.66. The minimum Gasteiger partial charge on any atom is -0.496 e. The summed E-state index contributed by atoms with van der Waals surface area (Å²) in [5.74, 6) is 0.212. The van der Waals surface area contributed by atoms with Crippen LogP contribution >= 0.6 is 51.1 Å². The predicted octanol–water partition coefficient (Wildman–Crippen LogP) is 5.67. The topological polar surface area (TPSA) is 106 Å². The van der Waals surface area contributed by atoms with Crippen molar-refractivity contribution in [2.75, 3.05) is 12.4 Å². The van der Waals surface area contributed by atoms with E-state index in [-0.39, 0.29) is 15.8 Å². The number of thiocarbonyl (C=S) groups is 1. The average molecular weight is 554 g/mol. The highest BCUT2D eigenvalue weighted by Gasteiger charge is 2.12. The number of thiazole rings is 1. The molecule has 0 bridgehead atoms. The number of hydrogen-bond donors (Lipinski definition) is 2. The molecule has 0 atom stereocenters. The number of carbonyl (C=O) groups is 1. The zero-order chi connectivity index (χ0) is 23.3. The molecule has 2 N–H and O–H groups in total. The minimum absolute atomic E-state index is 0.0202. The second-order valence-electron chi connectivity index (χ2n) is 6.13. The zero-order valence-electron chi connectivity index (χ0n) is 16.3. The number of rotatable bonds is 6. The fourth-order valence-electron chi connectivity index (χ4n) is 2.52. The molecule has 0 aliphatic rings. The molecule has 12 heteroatoms. The molecule has 164 valence electrons. The van der Waals surface area contributed by atoms with Gasteiger partial charge in [0.2, 0.25) is 5.91 Å². The van der Waals surface area contributed by atoms with E-state index in [1.54, 1.807) is 13.2 Å². The number of benzene rings is 2. The number of nitrogens with zero attached hydrogens (tertiary/aromatic N) is 2. The first kappa shape index (κ1) is 23.8. The van der Waals surface area contributed by atoms with E-state index in [0.29, 0.717) is 16.4 Å². The minimum atomic E-state index is -0.592. The first-order valence-corrected chi connectivity index (χ1v) is 11.3. The van der Waals surface area contributed by atoms with Crippen LogP contribution in [-0.4, -0.2) is 28.0 Å². The van der Waals surface area contributed by atoms with Crippen molar-refractivity contribution in [2.45, 2.75) is 0 Å². The van der Waals surface area contributed by atoms with Crippen molar-refractivity contribution in [1.29, 1.82) is 0 Å². The van der Waals surface area contributed by atoms with Crippen LogP contribution in [0.3, 0.4) is 0 Å². The number of amides is 1. The number of nitro benzene ring substituents is 1. The summed E-state index contributed by atoms with van der Waals surface area (Å²) in [5.41, 5.74) is 1.83. The van der Waals surface area contributed by atoms with Crippen molar-refractivity contribution in [3.05, 3.63) is 73.0 Å². The monoisotopic (exact) mass is 552 g/mol. The number of ether oxygens (including phenoxy) is 1. The maximum Gasteiger partial charge on any atom is 0.288 e. The van der Waals surface area contributed by atoms with E-state index in [0.717, 1.165) is 15.7 Å². The predicted molar refractivity (Wildman–Crippen MR) is 133 cm³/mol. The number of aromatic nitrogens is 1. The van der Waals surface area contributed by atoms with Gasteiger partial charge in [-0.1, -0.05) is 17.7 Å². The van der Waals surface area contributed by atoms with Gasteiger partial charge >= 0.3 is 0 Å². The normalized spacial score (nSPS) is 10.7. The maximum absolute atomic E-state index is 12.1. The van der Waals surface area contributed by atoms with Crippen molar-refractivity contribution in [3.8, 4) is 17.0 Å². The Morgan fingerprint density at radius 1 is 1.34 bits per heavy atom. The van der Waals surface area contributed by atoms with Gasteiger partial charge < -0.3 is 10.1 Å². The lowest BCUT2D eigenvalue weighted by molar-refractivity contribution is -0.384. The van der Waals surface area contributed by atoms with Crippen molar-refractivity contribution in [2.24, 2.45) is 0 Å². The number of nitrogens with one attached hydrogen (secondary N) is 2. The van der Waals surface area contributed by atoms with E-state index in [2.05, 4.69) is 31.5 Å². The molecule has 2 aromatic carbocycles. The highest BCUT2D eigenvalue weighted by molar-refractivity contribution is 9.10. The summed E-state index contributed by atoms with van der Waals surface area (Å²) in [7, 11) is 1.59. The summed E-state index contributed by atoms with van der Waals surface area (Å²) in [5, 5.41) is 18.8. The average Bonchev–Trinajstić information content (AvgIpc) is 3.21. The number of methoxy groups -OCH3 is 1. The number of nitro groups is 1. The van der Waals surface area contributed by atoms with Crippen LogP contribution < -0.4 is 15.4 Å². The fraction of sp³-hybridized carbons (Fsp3) is 0.0500. The van der Waals surface area contributed by atoms with Gasteiger partial charge in [0.15, 0.2) is 10.2 Å². The molecule has 0 radical (unpaired) electrons. The lowest BCUT2D eigenvalue weighted by Gasteiger charge is -2.05. The Morgan fingerprint density at radius 2 is 2.12 bits per heavy atom. The molecule has 1 heterocycles. The molecule has 8 nitrogen and oxygen atoms in total. The second kappa shape index (κ2) is 10.6. The summed E-state index contributed by atoms with van der Waals surface area (Å²) < 4.78 is 6.03. The van der Waals surface area contributed by atoms with Gasteiger partial charge in [0.25, 0.3) is 5.69 Å². The van der Waals surface area contributed by atoms with Gasteiger partial charge in [-0.05, 0) is 64.1 Å². The van der Waals surface area contributed by atoms with Crippen LogP contribution in [-0.2, 0) is 4.79 Å². The number of halogens is 2. The third-order valence-corrected chi connectivity index (χ3v) is 5.90. The van der Waals surface area contributed by atoms with E-state index >= 15 is 0 Å².